The van der Waals surface area contributed by atoms with Gasteiger partial charge in [0.25, 0.3) is 0 Å². The van der Waals surface area contributed by atoms with Gasteiger partial charge in [0, 0.05) is 19.3 Å². The molecule has 78 valence electrons. The summed E-state index contributed by atoms with van der Waals surface area (Å²) in [7, 11) is 1.36. The molecule has 0 saturated carbocycles. The van der Waals surface area contributed by atoms with Crippen LogP contribution in [-0.2, 0) is 19.0 Å². The van der Waals surface area contributed by atoms with Crippen LogP contribution in [0.5, 0.6) is 0 Å². The topological polar surface area (TPSA) is 44.8 Å². The van der Waals surface area contributed by atoms with Gasteiger partial charge in [-0.25, -0.2) is 4.79 Å². The second-order valence-corrected chi connectivity index (χ2v) is 3.60. The van der Waals surface area contributed by atoms with Crippen molar-refractivity contribution in [3.8, 4) is 0 Å². The molecule has 2 saturated heterocycles. The Labute approximate surface area is 82.8 Å². The van der Waals surface area contributed by atoms with Crippen LogP contribution in [0.25, 0.3) is 0 Å². The lowest BCUT2D eigenvalue weighted by molar-refractivity contribution is -0.163. The fourth-order valence-electron chi connectivity index (χ4n) is 1.90. The molecule has 2 fully saturated rings. The van der Waals surface area contributed by atoms with Crippen LogP contribution in [0.4, 0.5) is 0 Å². The Morgan fingerprint density at radius 3 is 3.07 bits per heavy atom. The van der Waals surface area contributed by atoms with Crippen LogP contribution >= 0.6 is 0 Å². The standard InChI is InChI=1S/C10H14O4/c1-12-9(11)7-8-3-5-10(14-8)4-2-6-13-10/h7H,2-6H2,1H3/b8-7-. The van der Waals surface area contributed by atoms with Gasteiger partial charge in [0.05, 0.1) is 19.8 Å². The highest BCUT2D eigenvalue weighted by Gasteiger charge is 2.42. The van der Waals surface area contributed by atoms with Crippen LogP contribution in [0.1, 0.15) is 25.7 Å². The van der Waals surface area contributed by atoms with E-state index in [2.05, 4.69) is 4.74 Å². The molecule has 4 nitrogen and oxygen atoms in total. The van der Waals surface area contributed by atoms with E-state index in [1.165, 1.54) is 13.2 Å². The minimum atomic E-state index is -0.431. The smallest absolute Gasteiger partial charge is 0.333 e. The zero-order valence-electron chi connectivity index (χ0n) is 8.25. The van der Waals surface area contributed by atoms with Crippen LogP contribution in [0.15, 0.2) is 11.8 Å². The first kappa shape index (κ1) is 9.52. The SMILES string of the molecule is COC(=O)/C=C1/CCC2(CCCO2)O1. The summed E-state index contributed by atoms with van der Waals surface area (Å²) in [4.78, 5) is 11.0. The Morgan fingerprint density at radius 1 is 1.57 bits per heavy atom. The third-order valence-corrected chi connectivity index (χ3v) is 2.62. The van der Waals surface area contributed by atoms with Gasteiger partial charge in [-0.1, -0.05) is 0 Å². The molecule has 2 aliphatic rings. The quantitative estimate of drug-likeness (QED) is 0.471. The third kappa shape index (κ3) is 1.75. The maximum atomic E-state index is 11.0. The number of carbonyl (C=O) groups is 1. The van der Waals surface area contributed by atoms with Crippen LogP contribution in [0.2, 0.25) is 0 Å². The van der Waals surface area contributed by atoms with E-state index in [1.807, 2.05) is 0 Å². The van der Waals surface area contributed by atoms with Gasteiger partial charge in [-0.3, -0.25) is 0 Å². The first-order chi connectivity index (χ1) is 6.74. The Bertz CT molecular complexity index is 263. The van der Waals surface area contributed by atoms with Gasteiger partial charge in [0.2, 0.25) is 5.79 Å². The van der Waals surface area contributed by atoms with Crippen molar-refractivity contribution in [3.63, 3.8) is 0 Å². The van der Waals surface area contributed by atoms with Gasteiger partial charge >= 0.3 is 5.97 Å². The van der Waals surface area contributed by atoms with Gasteiger partial charge in [-0.2, -0.15) is 0 Å². The first-order valence-electron chi connectivity index (χ1n) is 4.86. The largest absolute Gasteiger partial charge is 0.466 e. The molecule has 1 spiro atoms. The minimum Gasteiger partial charge on any atom is -0.466 e. The van der Waals surface area contributed by atoms with Gasteiger partial charge in [0.1, 0.15) is 5.76 Å². The first-order valence-corrected chi connectivity index (χ1v) is 4.86. The fourth-order valence-corrected chi connectivity index (χ4v) is 1.90. The summed E-state index contributed by atoms with van der Waals surface area (Å²) >= 11 is 0. The van der Waals surface area contributed by atoms with E-state index in [0.717, 1.165) is 32.3 Å². The van der Waals surface area contributed by atoms with E-state index in [-0.39, 0.29) is 5.97 Å². The number of rotatable bonds is 1. The zero-order chi connectivity index (χ0) is 10.0. The van der Waals surface area contributed by atoms with Crippen LogP contribution < -0.4 is 0 Å². The fraction of sp³-hybridized carbons (Fsp3) is 0.700. The molecule has 0 amide bonds. The predicted octanol–water partition coefficient (Wildman–Crippen LogP) is 1.36. The van der Waals surface area contributed by atoms with Crippen molar-refractivity contribution in [1.29, 1.82) is 0 Å². The Hall–Kier alpha value is -1.03. The van der Waals surface area contributed by atoms with E-state index in [0.29, 0.717) is 5.76 Å². The number of carbonyl (C=O) groups excluding carboxylic acids is 1. The number of esters is 1. The summed E-state index contributed by atoms with van der Waals surface area (Å²) in [6, 6.07) is 0. The van der Waals surface area contributed by atoms with Crippen molar-refractivity contribution in [1.82, 2.24) is 0 Å². The molecule has 0 radical (unpaired) electrons. The highest BCUT2D eigenvalue weighted by molar-refractivity contribution is 5.82. The molecule has 2 rings (SSSR count). The van der Waals surface area contributed by atoms with Gasteiger partial charge < -0.3 is 14.2 Å². The Morgan fingerprint density at radius 2 is 2.43 bits per heavy atom. The van der Waals surface area contributed by atoms with Crippen molar-refractivity contribution in [3.05, 3.63) is 11.8 Å². The second kappa shape index (κ2) is 3.61. The van der Waals surface area contributed by atoms with Crippen LogP contribution in [-0.4, -0.2) is 25.5 Å². The summed E-state index contributed by atoms with van der Waals surface area (Å²) < 4.78 is 15.7. The van der Waals surface area contributed by atoms with E-state index in [9.17, 15) is 4.79 Å². The lowest BCUT2D eigenvalue weighted by atomic mass is 10.1. The average Bonchev–Trinajstić information content (AvgIpc) is 2.78. The molecule has 2 aliphatic heterocycles. The number of allylic oxidation sites excluding steroid dienone is 1. The molecule has 0 aliphatic carbocycles. The van der Waals surface area contributed by atoms with Gasteiger partial charge in [-0.05, 0) is 6.42 Å². The average molecular weight is 198 g/mol. The summed E-state index contributed by atoms with van der Waals surface area (Å²) in [6.45, 7) is 0.755. The van der Waals surface area contributed by atoms with Crippen molar-refractivity contribution < 1.29 is 19.0 Å². The molecule has 2 heterocycles. The van der Waals surface area contributed by atoms with Crippen molar-refractivity contribution in [2.24, 2.45) is 0 Å². The summed E-state index contributed by atoms with van der Waals surface area (Å²) in [6.07, 6.45) is 4.96. The highest BCUT2D eigenvalue weighted by atomic mass is 16.7. The van der Waals surface area contributed by atoms with Crippen molar-refractivity contribution >= 4 is 5.97 Å². The molecular formula is C10H14O4. The Kier molecular flexibility index (Phi) is 2.46. The molecule has 1 unspecified atom stereocenters. The van der Waals surface area contributed by atoms with Crippen LogP contribution in [0, 0.1) is 0 Å². The normalized spacial score (nSPS) is 33.6. The number of hydrogen-bond donors (Lipinski definition) is 0. The lowest BCUT2D eigenvalue weighted by Gasteiger charge is -2.21. The molecule has 0 aromatic rings. The highest BCUT2D eigenvalue weighted by Crippen LogP contribution is 2.40. The zero-order valence-corrected chi connectivity index (χ0v) is 8.25. The molecule has 0 N–H and O–H groups in total. The molecule has 0 bridgehead atoms. The molecule has 0 aromatic heterocycles. The second-order valence-electron chi connectivity index (χ2n) is 3.60. The molecular weight excluding hydrogens is 184 g/mol. The van der Waals surface area contributed by atoms with E-state index in [1.54, 1.807) is 0 Å². The van der Waals surface area contributed by atoms with Gasteiger partial charge in [0.15, 0.2) is 0 Å². The van der Waals surface area contributed by atoms with Gasteiger partial charge in [-0.15, -0.1) is 0 Å². The summed E-state index contributed by atoms with van der Waals surface area (Å²) in [5, 5.41) is 0. The van der Waals surface area contributed by atoms with Crippen molar-refractivity contribution in [2.45, 2.75) is 31.5 Å². The maximum absolute atomic E-state index is 11.0. The monoisotopic (exact) mass is 198 g/mol. The van der Waals surface area contributed by atoms with Crippen LogP contribution in [0.3, 0.4) is 0 Å². The minimum absolute atomic E-state index is 0.366. The molecule has 14 heavy (non-hydrogen) atoms. The lowest BCUT2D eigenvalue weighted by Crippen LogP contribution is -2.25. The molecule has 1 atom stereocenters. The van der Waals surface area contributed by atoms with Crippen molar-refractivity contribution in [2.75, 3.05) is 13.7 Å². The van der Waals surface area contributed by atoms with E-state index in [4.69, 9.17) is 9.47 Å². The predicted molar refractivity (Wildman–Crippen MR) is 48.3 cm³/mol. The number of hydrogen-bond acceptors (Lipinski definition) is 4. The number of methoxy groups -OCH3 is 1. The summed E-state index contributed by atoms with van der Waals surface area (Å²) in [5.41, 5.74) is 0. The number of ether oxygens (including phenoxy) is 3. The summed E-state index contributed by atoms with van der Waals surface area (Å²) in [5.74, 6) is -0.117. The molecule has 4 heteroatoms. The van der Waals surface area contributed by atoms with E-state index < -0.39 is 5.79 Å². The van der Waals surface area contributed by atoms with E-state index >= 15 is 0 Å². The Balaban J connectivity index is 2.00. The maximum Gasteiger partial charge on any atom is 0.333 e. The molecule has 0 aromatic carbocycles. The third-order valence-electron chi connectivity index (χ3n) is 2.62.